The fourth-order valence-electron chi connectivity index (χ4n) is 1.77. The minimum atomic E-state index is -0.746. The first-order valence-corrected chi connectivity index (χ1v) is 6.23. The SMILES string of the molecule is CCN(C(=O)C(=O)Nc1cc(C)on1)c1ccccc1. The van der Waals surface area contributed by atoms with Gasteiger partial charge in [-0.05, 0) is 26.0 Å². The molecule has 1 N–H and O–H groups in total. The van der Waals surface area contributed by atoms with Crippen LogP contribution in [0.5, 0.6) is 0 Å². The number of aryl methyl sites for hydroxylation is 1. The summed E-state index contributed by atoms with van der Waals surface area (Å²) in [6, 6.07) is 10.6. The van der Waals surface area contributed by atoms with Gasteiger partial charge in [-0.15, -0.1) is 0 Å². The molecule has 2 rings (SSSR count). The van der Waals surface area contributed by atoms with Crippen molar-refractivity contribution in [1.29, 1.82) is 0 Å². The van der Waals surface area contributed by atoms with Crippen LogP contribution in [-0.4, -0.2) is 23.5 Å². The molecule has 0 atom stereocenters. The standard InChI is InChI=1S/C14H15N3O3/c1-3-17(11-7-5-4-6-8-11)14(19)13(18)15-12-9-10(2)20-16-12/h4-9H,3H2,1-2H3,(H,15,16,18). The van der Waals surface area contributed by atoms with Gasteiger partial charge in [-0.3, -0.25) is 14.9 Å². The number of nitrogens with zero attached hydrogens (tertiary/aromatic N) is 2. The number of nitrogens with one attached hydrogen (secondary N) is 1. The number of likely N-dealkylation sites (N-methyl/N-ethyl adjacent to an activating group) is 1. The number of hydrogen-bond acceptors (Lipinski definition) is 4. The zero-order chi connectivity index (χ0) is 14.5. The first-order valence-electron chi connectivity index (χ1n) is 6.23. The third-order valence-corrected chi connectivity index (χ3v) is 2.69. The molecule has 0 spiro atoms. The van der Waals surface area contributed by atoms with E-state index >= 15 is 0 Å². The lowest BCUT2D eigenvalue weighted by Gasteiger charge is -2.19. The molecule has 0 saturated carbocycles. The molecule has 2 aromatic rings. The van der Waals surface area contributed by atoms with Crippen LogP contribution in [0.2, 0.25) is 0 Å². The first-order chi connectivity index (χ1) is 9.61. The van der Waals surface area contributed by atoms with E-state index in [0.717, 1.165) is 0 Å². The molecule has 6 nitrogen and oxygen atoms in total. The summed E-state index contributed by atoms with van der Waals surface area (Å²) in [7, 11) is 0. The van der Waals surface area contributed by atoms with Gasteiger partial charge in [0.05, 0.1) is 0 Å². The Morgan fingerprint density at radius 2 is 2.00 bits per heavy atom. The summed E-state index contributed by atoms with van der Waals surface area (Å²) in [6.45, 7) is 3.90. The van der Waals surface area contributed by atoms with Crippen LogP contribution in [0.3, 0.4) is 0 Å². The highest BCUT2D eigenvalue weighted by Gasteiger charge is 2.22. The quantitative estimate of drug-likeness (QED) is 0.867. The second kappa shape index (κ2) is 6.01. The van der Waals surface area contributed by atoms with Crippen LogP contribution >= 0.6 is 0 Å². The Bertz CT molecular complexity index is 607. The second-order valence-corrected chi connectivity index (χ2v) is 4.16. The molecule has 0 aliphatic carbocycles. The first kappa shape index (κ1) is 13.8. The Balaban J connectivity index is 2.10. The molecule has 0 saturated heterocycles. The molecular weight excluding hydrogens is 258 g/mol. The minimum Gasteiger partial charge on any atom is -0.360 e. The Kier molecular flexibility index (Phi) is 4.14. The third-order valence-electron chi connectivity index (χ3n) is 2.69. The number of benzene rings is 1. The smallest absolute Gasteiger partial charge is 0.316 e. The molecular formula is C14H15N3O3. The van der Waals surface area contributed by atoms with E-state index in [9.17, 15) is 9.59 Å². The number of amides is 2. The van der Waals surface area contributed by atoms with Crippen molar-refractivity contribution in [2.75, 3.05) is 16.8 Å². The Labute approximate surface area is 116 Å². The maximum absolute atomic E-state index is 12.1. The topological polar surface area (TPSA) is 75.4 Å². The summed E-state index contributed by atoms with van der Waals surface area (Å²) < 4.78 is 4.83. The molecule has 1 aromatic carbocycles. The van der Waals surface area contributed by atoms with Crippen LogP contribution in [0.15, 0.2) is 40.9 Å². The molecule has 0 fully saturated rings. The average Bonchev–Trinajstić information content (AvgIpc) is 2.86. The Morgan fingerprint density at radius 1 is 1.30 bits per heavy atom. The Morgan fingerprint density at radius 3 is 2.55 bits per heavy atom. The molecule has 0 aliphatic heterocycles. The largest absolute Gasteiger partial charge is 0.360 e. The minimum absolute atomic E-state index is 0.227. The van der Waals surface area contributed by atoms with E-state index < -0.39 is 11.8 Å². The van der Waals surface area contributed by atoms with Gasteiger partial charge in [0.15, 0.2) is 5.82 Å². The predicted octanol–water partition coefficient (Wildman–Crippen LogP) is 1.97. The zero-order valence-electron chi connectivity index (χ0n) is 11.3. The van der Waals surface area contributed by atoms with Crippen LogP contribution in [0.4, 0.5) is 11.5 Å². The summed E-state index contributed by atoms with van der Waals surface area (Å²) in [6.07, 6.45) is 0. The van der Waals surface area contributed by atoms with Gasteiger partial charge in [-0.25, -0.2) is 0 Å². The fraction of sp³-hybridized carbons (Fsp3) is 0.214. The van der Waals surface area contributed by atoms with Gasteiger partial charge in [-0.2, -0.15) is 0 Å². The maximum atomic E-state index is 12.1. The van der Waals surface area contributed by atoms with E-state index in [4.69, 9.17) is 4.52 Å². The summed E-state index contributed by atoms with van der Waals surface area (Å²) in [5, 5.41) is 6.03. The number of aromatic nitrogens is 1. The van der Waals surface area contributed by atoms with E-state index in [0.29, 0.717) is 18.0 Å². The van der Waals surface area contributed by atoms with E-state index in [1.807, 2.05) is 18.2 Å². The number of hydrogen-bond donors (Lipinski definition) is 1. The van der Waals surface area contributed by atoms with Crippen molar-refractivity contribution in [3.05, 3.63) is 42.2 Å². The van der Waals surface area contributed by atoms with Gasteiger partial charge in [0.1, 0.15) is 5.76 Å². The maximum Gasteiger partial charge on any atom is 0.316 e. The Hall–Kier alpha value is -2.63. The van der Waals surface area contributed by atoms with Crippen molar-refractivity contribution in [2.45, 2.75) is 13.8 Å². The van der Waals surface area contributed by atoms with Crippen molar-refractivity contribution in [2.24, 2.45) is 0 Å². The van der Waals surface area contributed by atoms with Gasteiger partial charge in [0, 0.05) is 18.3 Å². The highest BCUT2D eigenvalue weighted by Crippen LogP contribution is 2.14. The van der Waals surface area contributed by atoms with E-state index in [1.165, 1.54) is 4.90 Å². The van der Waals surface area contributed by atoms with Crippen molar-refractivity contribution in [1.82, 2.24) is 5.16 Å². The van der Waals surface area contributed by atoms with Gasteiger partial charge in [-0.1, -0.05) is 23.4 Å². The second-order valence-electron chi connectivity index (χ2n) is 4.16. The average molecular weight is 273 g/mol. The zero-order valence-corrected chi connectivity index (χ0v) is 11.3. The monoisotopic (exact) mass is 273 g/mol. The van der Waals surface area contributed by atoms with Gasteiger partial charge < -0.3 is 9.42 Å². The van der Waals surface area contributed by atoms with Gasteiger partial charge >= 0.3 is 11.8 Å². The molecule has 2 amide bonds. The number of carbonyl (C=O) groups excluding carboxylic acids is 2. The van der Waals surface area contributed by atoms with Crippen LogP contribution in [0.25, 0.3) is 0 Å². The summed E-state index contributed by atoms with van der Waals surface area (Å²) in [5.41, 5.74) is 0.673. The molecule has 0 unspecified atom stereocenters. The van der Waals surface area contributed by atoms with Gasteiger partial charge in [0.25, 0.3) is 0 Å². The van der Waals surface area contributed by atoms with Gasteiger partial charge in [0.2, 0.25) is 0 Å². The number of anilines is 2. The van der Waals surface area contributed by atoms with E-state index in [1.54, 1.807) is 32.0 Å². The van der Waals surface area contributed by atoms with Crippen LogP contribution in [0.1, 0.15) is 12.7 Å². The number of rotatable bonds is 3. The fourth-order valence-corrected chi connectivity index (χ4v) is 1.77. The number of para-hydroxylation sites is 1. The molecule has 1 heterocycles. The third kappa shape index (κ3) is 3.03. The summed E-state index contributed by atoms with van der Waals surface area (Å²) in [4.78, 5) is 25.4. The molecule has 104 valence electrons. The molecule has 20 heavy (non-hydrogen) atoms. The lowest BCUT2D eigenvalue weighted by molar-refractivity contribution is -0.134. The molecule has 1 aromatic heterocycles. The van der Waals surface area contributed by atoms with Crippen molar-refractivity contribution >= 4 is 23.3 Å². The van der Waals surface area contributed by atoms with Crippen LogP contribution in [-0.2, 0) is 9.59 Å². The van der Waals surface area contributed by atoms with Crippen LogP contribution < -0.4 is 10.2 Å². The molecule has 0 radical (unpaired) electrons. The van der Waals surface area contributed by atoms with Crippen molar-refractivity contribution in [3.8, 4) is 0 Å². The lowest BCUT2D eigenvalue weighted by atomic mass is 10.3. The van der Waals surface area contributed by atoms with E-state index in [2.05, 4.69) is 10.5 Å². The predicted molar refractivity (Wildman–Crippen MR) is 74.3 cm³/mol. The lowest BCUT2D eigenvalue weighted by Crippen LogP contribution is -2.39. The van der Waals surface area contributed by atoms with Crippen LogP contribution in [0, 0.1) is 6.92 Å². The summed E-state index contributed by atoms with van der Waals surface area (Å²) >= 11 is 0. The summed E-state index contributed by atoms with van der Waals surface area (Å²) in [5.74, 6) is -0.600. The molecule has 0 aliphatic rings. The molecule has 0 bridgehead atoms. The normalized spacial score (nSPS) is 10.1. The number of carbonyl (C=O) groups is 2. The van der Waals surface area contributed by atoms with E-state index in [-0.39, 0.29) is 5.82 Å². The highest BCUT2D eigenvalue weighted by molar-refractivity contribution is 6.44. The van der Waals surface area contributed by atoms with Crippen molar-refractivity contribution < 1.29 is 14.1 Å². The molecule has 6 heteroatoms. The van der Waals surface area contributed by atoms with Crippen molar-refractivity contribution in [3.63, 3.8) is 0 Å². The highest BCUT2D eigenvalue weighted by atomic mass is 16.5.